The minimum Gasteiger partial charge on any atom is -0.507 e. The van der Waals surface area contributed by atoms with Gasteiger partial charge in [-0.1, -0.05) is 83.2 Å². The van der Waals surface area contributed by atoms with Crippen molar-refractivity contribution in [2.75, 3.05) is 12.4 Å². The van der Waals surface area contributed by atoms with Gasteiger partial charge in [0.05, 0.1) is 29.0 Å². The van der Waals surface area contributed by atoms with Gasteiger partial charge in [0, 0.05) is 16.8 Å². The van der Waals surface area contributed by atoms with E-state index in [9.17, 15) is 14.7 Å². The molecule has 4 aromatic rings. The zero-order valence-electron chi connectivity index (χ0n) is 26.5. The first kappa shape index (κ1) is 31.0. The van der Waals surface area contributed by atoms with Crippen LogP contribution >= 0.6 is 11.3 Å². The van der Waals surface area contributed by atoms with Gasteiger partial charge in [0.15, 0.2) is 4.80 Å². The Morgan fingerprint density at radius 3 is 2.20 bits per heavy atom. The van der Waals surface area contributed by atoms with E-state index in [-0.39, 0.29) is 28.0 Å². The number of amides is 1. The molecule has 1 aliphatic heterocycles. The Kier molecular flexibility index (Phi) is 8.16. The molecule has 2 N–H and O–H groups in total. The van der Waals surface area contributed by atoms with Gasteiger partial charge < -0.3 is 15.2 Å². The molecule has 0 unspecified atom stereocenters. The lowest BCUT2D eigenvalue weighted by Crippen LogP contribution is -2.40. The van der Waals surface area contributed by atoms with Gasteiger partial charge >= 0.3 is 0 Å². The summed E-state index contributed by atoms with van der Waals surface area (Å²) in [6.45, 7) is 14.2. The monoisotopic (exact) mass is 609 g/mol. The number of phenolic OH excluding ortho intramolecular Hbond substituents is 1. The van der Waals surface area contributed by atoms with Crippen molar-refractivity contribution in [1.29, 1.82) is 0 Å². The third-order valence-electron chi connectivity index (χ3n) is 7.75. The lowest BCUT2D eigenvalue weighted by atomic mass is 9.78. The smallest absolute Gasteiger partial charge is 0.271 e. The van der Waals surface area contributed by atoms with E-state index in [2.05, 4.69) is 46.9 Å². The van der Waals surface area contributed by atoms with Gasteiger partial charge in [-0.2, -0.15) is 0 Å². The molecule has 44 heavy (non-hydrogen) atoms. The van der Waals surface area contributed by atoms with Gasteiger partial charge in [-0.25, -0.2) is 4.99 Å². The fraction of sp³-hybridized carbons (Fsp3) is 0.306. The molecule has 0 bridgehead atoms. The summed E-state index contributed by atoms with van der Waals surface area (Å²) in [6.07, 6.45) is 1.86. The fourth-order valence-electron chi connectivity index (χ4n) is 5.49. The number of benzene rings is 3. The van der Waals surface area contributed by atoms with Crippen molar-refractivity contribution in [2.24, 2.45) is 4.99 Å². The van der Waals surface area contributed by atoms with E-state index in [1.54, 1.807) is 18.6 Å². The Morgan fingerprint density at radius 2 is 1.61 bits per heavy atom. The molecular weight excluding hydrogens is 570 g/mol. The summed E-state index contributed by atoms with van der Waals surface area (Å²) in [5.74, 6) is 0.574. The van der Waals surface area contributed by atoms with E-state index in [4.69, 9.17) is 9.73 Å². The number of carbonyl (C=O) groups excluding carboxylic acids is 1. The zero-order valence-corrected chi connectivity index (χ0v) is 27.3. The number of carbonyl (C=O) groups is 1. The average Bonchev–Trinajstić information content (AvgIpc) is 3.26. The number of aromatic hydroxyl groups is 1. The fourth-order valence-corrected chi connectivity index (χ4v) is 6.54. The summed E-state index contributed by atoms with van der Waals surface area (Å²) in [7, 11) is 1.59. The van der Waals surface area contributed by atoms with E-state index < -0.39 is 6.04 Å². The lowest BCUT2D eigenvalue weighted by molar-refractivity contribution is -0.113. The largest absolute Gasteiger partial charge is 0.507 e. The van der Waals surface area contributed by atoms with E-state index in [0.29, 0.717) is 32.0 Å². The summed E-state index contributed by atoms with van der Waals surface area (Å²) in [4.78, 5) is 33.4. The van der Waals surface area contributed by atoms with Crippen LogP contribution in [0, 0.1) is 0 Å². The number of phenols is 1. The van der Waals surface area contributed by atoms with Crippen molar-refractivity contribution < 1.29 is 14.6 Å². The number of fused-ring (bicyclic) bond motifs is 1. The van der Waals surface area contributed by atoms with Gasteiger partial charge in [-0.3, -0.25) is 14.2 Å². The molecule has 5 rings (SSSR count). The van der Waals surface area contributed by atoms with Gasteiger partial charge in [0.2, 0.25) is 0 Å². The predicted molar refractivity (Wildman–Crippen MR) is 177 cm³/mol. The number of hydrogen-bond acceptors (Lipinski definition) is 6. The van der Waals surface area contributed by atoms with Crippen molar-refractivity contribution >= 4 is 29.0 Å². The van der Waals surface area contributed by atoms with Crippen molar-refractivity contribution in [3.05, 3.63) is 120 Å². The van der Waals surface area contributed by atoms with Crippen LogP contribution < -0.4 is 24.9 Å². The number of para-hydroxylation sites is 1. The second-order valence-corrected chi connectivity index (χ2v) is 14.2. The molecule has 0 aliphatic carbocycles. The van der Waals surface area contributed by atoms with Crippen molar-refractivity contribution in [1.82, 2.24) is 4.57 Å². The van der Waals surface area contributed by atoms with E-state index >= 15 is 0 Å². The quantitative estimate of drug-likeness (QED) is 0.283. The molecule has 0 saturated heterocycles. The summed E-state index contributed by atoms with van der Waals surface area (Å²) in [5, 5.41) is 14.2. The Balaban J connectivity index is 1.72. The molecule has 8 heteroatoms. The molecule has 0 radical (unpaired) electrons. The van der Waals surface area contributed by atoms with Crippen molar-refractivity contribution in [2.45, 2.75) is 65.3 Å². The first-order valence-electron chi connectivity index (χ1n) is 14.6. The van der Waals surface area contributed by atoms with Crippen molar-refractivity contribution in [3.8, 4) is 11.5 Å². The van der Waals surface area contributed by atoms with E-state index in [1.165, 1.54) is 11.3 Å². The van der Waals surface area contributed by atoms with Crippen LogP contribution in [0.5, 0.6) is 11.5 Å². The molecule has 0 fully saturated rings. The number of thiazole rings is 1. The highest BCUT2D eigenvalue weighted by molar-refractivity contribution is 7.07. The number of ether oxygens (including phenoxy) is 1. The summed E-state index contributed by atoms with van der Waals surface area (Å²) in [6, 6.07) is 19.8. The maximum absolute atomic E-state index is 14.3. The SMILES string of the molecule is COc1cccc([C@H]2C(C(=O)Nc3ccccc3)=C(C)N=c3s/c(=C/c4cc(C(C)(C)C)c(O)c(C(C)(C)C)c4)c(=O)n32)c1. The van der Waals surface area contributed by atoms with Gasteiger partial charge in [-0.15, -0.1) is 0 Å². The molecule has 7 nitrogen and oxygen atoms in total. The standard InChI is InChI=1S/C36H39N3O4S/c1-21-29(32(41)38-24-14-10-9-11-15-24)30(23-13-12-16-25(20-23)43-8)39-33(42)28(44-34(39)37-21)19-22-17-26(35(2,3)4)31(40)27(18-22)36(5,6)7/h9-20,30,40H,1-8H3,(H,38,41)/b28-19+/t30-/m0/s1. The number of methoxy groups -OCH3 is 1. The topological polar surface area (TPSA) is 92.9 Å². The average molecular weight is 610 g/mol. The Bertz CT molecular complexity index is 1920. The van der Waals surface area contributed by atoms with Crippen LogP contribution in [0.3, 0.4) is 0 Å². The number of rotatable bonds is 5. The molecule has 0 spiro atoms. The summed E-state index contributed by atoms with van der Waals surface area (Å²) in [5.41, 5.74) is 3.88. The zero-order chi connectivity index (χ0) is 32.0. The summed E-state index contributed by atoms with van der Waals surface area (Å²) >= 11 is 1.29. The molecule has 228 valence electrons. The second kappa shape index (κ2) is 11.6. The number of anilines is 1. The highest BCUT2D eigenvalue weighted by Crippen LogP contribution is 2.40. The van der Waals surface area contributed by atoms with Crippen LogP contribution in [-0.4, -0.2) is 22.7 Å². The highest BCUT2D eigenvalue weighted by atomic mass is 32.1. The maximum atomic E-state index is 14.3. The molecule has 1 aliphatic rings. The van der Waals surface area contributed by atoms with Gasteiger partial charge in [0.1, 0.15) is 11.5 Å². The third kappa shape index (κ3) is 5.99. The van der Waals surface area contributed by atoms with E-state index in [1.807, 2.05) is 72.8 Å². The van der Waals surface area contributed by atoms with Crippen LogP contribution in [-0.2, 0) is 15.6 Å². The van der Waals surface area contributed by atoms with Crippen LogP contribution in [0.1, 0.15) is 76.8 Å². The van der Waals surface area contributed by atoms with Gasteiger partial charge in [-0.05, 0) is 71.4 Å². The number of nitrogens with zero attached hydrogens (tertiary/aromatic N) is 2. The normalized spacial score (nSPS) is 15.5. The molecule has 1 amide bonds. The number of allylic oxidation sites excluding steroid dienone is 1. The van der Waals surface area contributed by atoms with E-state index in [0.717, 1.165) is 22.3 Å². The molecule has 1 aromatic heterocycles. The maximum Gasteiger partial charge on any atom is 0.271 e. The van der Waals surface area contributed by atoms with Crippen LogP contribution in [0.15, 0.2) is 87.8 Å². The predicted octanol–water partition coefficient (Wildman–Crippen LogP) is 6.18. The second-order valence-electron chi connectivity index (χ2n) is 13.1. The van der Waals surface area contributed by atoms with Gasteiger partial charge in [0.25, 0.3) is 11.5 Å². The molecule has 1 atom stereocenters. The van der Waals surface area contributed by atoms with Crippen LogP contribution in [0.4, 0.5) is 5.69 Å². The number of nitrogens with one attached hydrogen (secondary N) is 1. The Hall–Kier alpha value is -4.43. The Labute approximate surface area is 261 Å². The first-order chi connectivity index (χ1) is 20.7. The Morgan fingerprint density at radius 1 is 0.977 bits per heavy atom. The third-order valence-corrected chi connectivity index (χ3v) is 8.74. The molecule has 0 saturated carbocycles. The number of hydrogen-bond donors (Lipinski definition) is 2. The minimum atomic E-state index is -0.720. The molecule has 2 heterocycles. The highest BCUT2D eigenvalue weighted by Gasteiger charge is 2.33. The lowest BCUT2D eigenvalue weighted by Gasteiger charge is -2.27. The molecule has 3 aromatic carbocycles. The molecular formula is C36H39N3O4S. The first-order valence-corrected chi connectivity index (χ1v) is 15.4. The minimum absolute atomic E-state index is 0.248. The van der Waals surface area contributed by atoms with Crippen LogP contribution in [0.25, 0.3) is 6.08 Å². The van der Waals surface area contributed by atoms with Crippen LogP contribution in [0.2, 0.25) is 0 Å². The summed E-state index contributed by atoms with van der Waals surface area (Å²) < 4.78 is 7.59. The van der Waals surface area contributed by atoms with Crippen molar-refractivity contribution in [3.63, 3.8) is 0 Å². The number of aromatic nitrogens is 1.